The van der Waals surface area contributed by atoms with Gasteiger partial charge in [-0.05, 0) is 29.3 Å². The molecule has 1 amide bonds. The average Bonchev–Trinajstić information content (AvgIpc) is 3.14. The number of carbonyl (C=O) groups is 1. The van der Waals surface area contributed by atoms with E-state index in [0.29, 0.717) is 28.9 Å². The molecule has 0 aliphatic carbocycles. The van der Waals surface area contributed by atoms with Gasteiger partial charge in [0.25, 0.3) is 11.5 Å². The van der Waals surface area contributed by atoms with Gasteiger partial charge >= 0.3 is 5.69 Å². The van der Waals surface area contributed by atoms with Crippen molar-refractivity contribution in [3.63, 3.8) is 0 Å². The number of amides is 1. The highest BCUT2D eigenvalue weighted by Gasteiger charge is 2.30. The minimum absolute atomic E-state index is 0.208. The second kappa shape index (κ2) is 9.96. The molecule has 0 saturated heterocycles. The molecule has 0 spiro atoms. The number of methoxy groups -OCH3 is 1. The summed E-state index contributed by atoms with van der Waals surface area (Å²) in [6.45, 7) is 0.362. The zero-order chi connectivity index (χ0) is 24.2. The van der Waals surface area contributed by atoms with Gasteiger partial charge in [0.2, 0.25) is 0 Å². The molecule has 0 saturated carbocycles. The van der Waals surface area contributed by atoms with Crippen LogP contribution < -0.4 is 16.0 Å². The minimum Gasteiger partial charge on any atom is -0.497 e. The lowest BCUT2D eigenvalue weighted by Gasteiger charge is -2.18. The van der Waals surface area contributed by atoms with Crippen LogP contribution in [0.15, 0.2) is 80.9 Å². The van der Waals surface area contributed by atoms with Crippen LogP contribution in [0, 0.1) is 0 Å². The van der Waals surface area contributed by atoms with Gasteiger partial charge in [-0.25, -0.2) is 9.79 Å². The molecule has 2 heterocycles. The van der Waals surface area contributed by atoms with E-state index in [0.717, 1.165) is 21.4 Å². The van der Waals surface area contributed by atoms with Crippen molar-refractivity contribution in [3.8, 4) is 5.75 Å². The summed E-state index contributed by atoms with van der Waals surface area (Å²) in [5, 5.41) is 0.516. The number of aliphatic imine (C=N–C) groups is 1. The predicted octanol–water partition coefficient (Wildman–Crippen LogP) is 2.77. The van der Waals surface area contributed by atoms with Crippen LogP contribution in [0.4, 0.5) is 0 Å². The Morgan fingerprint density at radius 1 is 0.971 bits per heavy atom. The summed E-state index contributed by atoms with van der Waals surface area (Å²) in [6, 6.07) is 18.5. The molecular weight excluding hydrogens is 452 g/mol. The van der Waals surface area contributed by atoms with Gasteiger partial charge in [0.15, 0.2) is 5.17 Å². The highest BCUT2D eigenvalue weighted by Crippen LogP contribution is 2.27. The van der Waals surface area contributed by atoms with Gasteiger partial charge in [-0.3, -0.25) is 23.6 Å². The first kappa shape index (κ1) is 23.3. The fourth-order valence-electron chi connectivity index (χ4n) is 3.46. The molecule has 0 fully saturated rings. The highest BCUT2D eigenvalue weighted by atomic mass is 32.2. The van der Waals surface area contributed by atoms with Gasteiger partial charge in [-0.2, -0.15) is 0 Å². The molecule has 3 aromatic rings. The molecule has 4 rings (SSSR count). The maximum absolute atomic E-state index is 13.3. The van der Waals surface area contributed by atoms with Crippen molar-refractivity contribution in [2.75, 3.05) is 7.11 Å². The van der Waals surface area contributed by atoms with Crippen molar-refractivity contribution >= 4 is 28.9 Å². The van der Waals surface area contributed by atoms with E-state index >= 15 is 0 Å². The van der Waals surface area contributed by atoms with Crippen LogP contribution in [0.2, 0.25) is 0 Å². The van der Waals surface area contributed by atoms with E-state index in [1.54, 1.807) is 25.1 Å². The number of aromatic nitrogens is 2. The fraction of sp³-hybridized carbons (Fsp3) is 0.200. The number of nitrogens with zero attached hydrogens (tertiary/aromatic N) is 4. The Labute approximate surface area is 200 Å². The van der Waals surface area contributed by atoms with Crippen LogP contribution in [-0.2, 0) is 31.2 Å². The molecule has 0 atom stereocenters. The van der Waals surface area contributed by atoms with Crippen molar-refractivity contribution in [3.05, 3.63) is 104 Å². The van der Waals surface area contributed by atoms with Crippen LogP contribution in [0.25, 0.3) is 6.08 Å². The summed E-state index contributed by atoms with van der Waals surface area (Å²) in [7, 11) is 4.66. The van der Waals surface area contributed by atoms with Gasteiger partial charge in [0.1, 0.15) is 11.4 Å². The van der Waals surface area contributed by atoms with E-state index in [1.165, 1.54) is 29.4 Å². The number of carbonyl (C=O) groups excluding carboxylic acids is 1. The Kier molecular flexibility index (Phi) is 6.83. The number of benzene rings is 2. The van der Waals surface area contributed by atoms with Crippen LogP contribution in [0.3, 0.4) is 0 Å². The van der Waals surface area contributed by atoms with Gasteiger partial charge < -0.3 is 4.74 Å². The smallest absolute Gasteiger partial charge is 0.330 e. The molecule has 0 unspecified atom stereocenters. The van der Waals surface area contributed by atoms with E-state index in [-0.39, 0.29) is 11.5 Å². The molecule has 1 aromatic heterocycles. The molecule has 34 heavy (non-hydrogen) atoms. The monoisotopic (exact) mass is 476 g/mol. The maximum atomic E-state index is 13.3. The number of ether oxygens (including phenoxy) is 1. The minimum atomic E-state index is -0.395. The number of rotatable bonds is 6. The first-order valence-electron chi connectivity index (χ1n) is 10.6. The predicted molar refractivity (Wildman–Crippen MR) is 134 cm³/mol. The van der Waals surface area contributed by atoms with E-state index in [4.69, 9.17) is 4.74 Å². The summed E-state index contributed by atoms with van der Waals surface area (Å²) in [4.78, 5) is 43.9. The molecule has 1 aliphatic rings. The Morgan fingerprint density at radius 2 is 1.68 bits per heavy atom. The normalized spacial score (nSPS) is 14.6. The topological polar surface area (TPSA) is 85.9 Å². The number of amidine groups is 1. The molecule has 2 aromatic carbocycles. The molecule has 0 bridgehead atoms. The molecule has 0 N–H and O–H groups in total. The SMILES string of the molecule is COc1ccc(/C=C2\N=C(SCc3cc(=O)n(C)c(=O)n3C)N(Cc3ccccc3)C2=O)cc1. The van der Waals surface area contributed by atoms with Crippen molar-refractivity contribution < 1.29 is 9.53 Å². The standard InChI is InChI=1S/C25H24N4O4S/c1-27-19(14-22(30)28(2)25(27)32)16-34-24-26-21(13-17-9-11-20(33-3)12-10-17)23(31)29(24)15-18-7-5-4-6-8-18/h4-14H,15-16H2,1-3H3/b21-13-. The fourth-order valence-corrected chi connectivity index (χ4v) is 4.48. The molecule has 8 nitrogen and oxygen atoms in total. The second-order valence-electron chi connectivity index (χ2n) is 7.74. The van der Waals surface area contributed by atoms with E-state index in [1.807, 2.05) is 54.6 Å². The van der Waals surface area contributed by atoms with Gasteiger partial charge in [0.05, 0.1) is 13.7 Å². The molecule has 0 radical (unpaired) electrons. The highest BCUT2D eigenvalue weighted by molar-refractivity contribution is 8.13. The third-order valence-electron chi connectivity index (χ3n) is 5.49. The van der Waals surface area contributed by atoms with Gasteiger partial charge in [-0.1, -0.05) is 54.2 Å². The van der Waals surface area contributed by atoms with Crippen LogP contribution in [-0.4, -0.2) is 32.2 Å². The first-order chi connectivity index (χ1) is 16.4. The number of hydrogen-bond acceptors (Lipinski definition) is 6. The van der Waals surface area contributed by atoms with Crippen molar-refractivity contribution in [2.45, 2.75) is 12.3 Å². The summed E-state index contributed by atoms with van der Waals surface area (Å²) in [6.07, 6.45) is 1.74. The lowest BCUT2D eigenvalue weighted by molar-refractivity contribution is -0.122. The lowest BCUT2D eigenvalue weighted by Crippen LogP contribution is -2.38. The third-order valence-corrected chi connectivity index (χ3v) is 6.50. The maximum Gasteiger partial charge on any atom is 0.330 e. The summed E-state index contributed by atoms with van der Waals surface area (Å²) in [5.41, 5.74) is 1.91. The largest absolute Gasteiger partial charge is 0.497 e. The van der Waals surface area contributed by atoms with E-state index in [9.17, 15) is 14.4 Å². The van der Waals surface area contributed by atoms with Crippen LogP contribution in [0.5, 0.6) is 5.75 Å². The molecular formula is C25H24N4O4S. The quantitative estimate of drug-likeness (QED) is 0.511. The number of thioether (sulfide) groups is 1. The second-order valence-corrected chi connectivity index (χ2v) is 8.68. The van der Waals surface area contributed by atoms with Crippen molar-refractivity contribution in [1.82, 2.24) is 14.0 Å². The van der Waals surface area contributed by atoms with Crippen LogP contribution in [0.1, 0.15) is 16.8 Å². The van der Waals surface area contributed by atoms with Crippen molar-refractivity contribution in [1.29, 1.82) is 0 Å². The number of hydrogen-bond donors (Lipinski definition) is 0. The Balaban J connectivity index is 1.64. The van der Waals surface area contributed by atoms with E-state index in [2.05, 4.69) is 4.99 Å². The van der Waals surface area contributed by atoms with E-state index < -0.39 is 5.69 Å². The van der Waals surface area contributed by atoms with Crippen molar-refractivity contribution in [2.24, 2.45) is 19.1 Å². The Morgan fingerprint density at radius 3 is 2.35 bits per heavy atom. The van der Waals surface area contributed by atoms with Gasteiger partial charge in [0, 0.05) is 31.6 Å². The Bertz CT molecular complexity index is 1390. The third kappa shape index (κ3) is 4.89. The molecule has 1 aliphatic heterocycles. The Hall–Kier alpha value is -3.85. The summed E-state index contributed by atoms with van der Waals surface area (Å²) < 4.78 is 7.68. The summed E-state index contributed by atoms with van der Waals surface area (Å²) >= 11 is 1.31. The first-order valence-corrected chi connectivity index (χ1v) is 11.5. The lowest BCUT2D eigenvalue weighted by atomic mass is 10.1. The molecule has 9 heteroatoms. The van der Waals surface area contributed by atoms with Gasteiger partial charge in [-0.15, -0.1) is 0 Å². The summed E-state index contributed by atoms with van der Waals surface area (Å²) in [5.74, 6) is 0.833. The van der Waals surface area contributed by atoms with Crippen LogP contribution >= 0.6 is 11.8 Å². The average molecular weight is 477 g/mol. The molecule has 174 valence electrons. The zero-order valence-corrected chi connectivity index (χ0v) is 19.9. The zero-order valence-electron chi connectivity index (χ0n) is 19.1.